The van der Waals surface area contributed by atoms with Crippen molar-refractivity contribution in [2.45, 2.75) is 39.8 Å². The molecule has 0 heterocycles. The van der Waals surface area contributed by atoms with E-state index in [2.05, 4.69) is 5.32 Å². The molecule has 0 aliphatic carbocycles. The van der Waals surface area contributed by atoms with Gasteiger partial charge in [0.05, 0.1) is 5.69 Å². The van der Waals surface area contributed by atoms with Gasteiger partial charge in [0.25, 0.3) is 0 Å². The minimum atomic E-state index is -4.08. The molecule has 0 bridgehead atoms. The van der Waals surface area contributed by atoms with Crippen LogP contribution in [0.25, 0.3) is 0 Å². The second-order valence-electron chi connectivity index (χ2n) is 8.25. The second kappa shape index (κ2) is 11.9. The summed E-state index contributed by atoms with van der Waals surface area (Å²) >= 11 is 0. The van der Waals surface area contributed by atoms with Gasteiger partial charge in [0.1, 0.15) is 18.4 Å². The fourth-order valence-electron chi connectivity index (χ4n) is 3.19. The summed E-state index contributed by atoms with van der Waals surface area (Å²) < 4.78 is 41.4. The van der Waals surface area contributed by atoms with Gasteiger partial charge in [0, 0.05) is 27.2 Å². The van der Waals surface area contributed by atoms with Crippen LogP contribution in [0.5, 0.6) is 0 Å². The Morgan fingerprint density at radius 2 is 1.62 bits per heavy atom. The Labute approximate surface area is 201 Å². The summed E-state index contributed by atoms with van der Waals surface area (Å²) in [5.41, 5.74) is 2.00. The van der Waals surface area contributed by atoms with Crippen LogP contribution in [0.3, 0.4) is 0 Å². The third-order valence-electron chi connectivity index (χ3n) is 5.32. The van der Waals surface area contributed by atoms with Gasteiger partial charge < -0.3 is 10.2 Å². The topological polar surface area (TPSA) is 90.0 Å². The molecule has 1 atom stereocenters. The number of rotatable bonds is 11. The maximum atomic E-state index is 13.5. The van der Waals surface area contributed by atoms with Crippen LogP contribution in [0.4, 0.5) is 10.1 Å². The van der Waals surface area contributed by atoms with E-state index in [0.29, 0.717) is 6.54 Å². The summed E-state index contributed by atoms with van der Waals surface area (Å²) in [4.78, 5) is 27.6. The minimum Gasteiger partial charge on any atom is -0.354 e. The molecule has 186 valence electrons. The van der Waals surface area contributed by atoms with Crippen LogP contribution in [0.2, 0.25) is 0 Å². The van der Waals surface area contributed by atoms with E-state index >= 15 is 0 Å². The first-order chi connectivity index (χ1) is 16.0. The van der Waals surface area contributed by atoms with Crippen LogP contribution in [0.1, 0.15) is 31.4 Å². The number of nitrogens with one attached hydrogen (secondary N) is 1. The largest absolute Gasteiger partial charge is 0.354 e. The third-order valence-corrected chi connectivity index (χ3v) is 7.14. The van der Waals surface area contributed by atoms with Crippen LogP contribution in [-0.2, 0) is 26.3 Å². The fourth-order valence-corrected chi connectivity index (χ4v) is 4.25. The summed E-state index contributed by atoms with van der Waals surface area (Å²) in [6.45, 7) is 5.52. The molecule has 0 aliphatic rings. The first kappa shape index (κ1) is 27.3. The lowest BCUT2D eigenvalue weighted by atomic mass is 10.1. The molecule has 8 nitrogen and oxygen atoms in total. The van der Waals surface area contributed by atoms with E-state index in [4.69, 9.17) is 0 Å². The molecule has 2 amide bonds. The van der Waals surface area contributed by atoms with Gasteiger partial charge in [-0.25, -0.2) is 8.70 Å². The van der Waals surface area contributed by atoms with E-state index in [1.807, 2.05) is 38.1 Å². The highest BCUT2D eigenvalue weighted by atomic mass is 32.2. The molecule has 0 radical (unpaired) electrons. The minimum absolute atomic E-state index is 0.124. The van der Waals surface area contributed by atoms with Gasteiger partial charge >= 0.3 is 10.2 Å². The highest BCUT2D eigenvalue weighted by Gasteiger charge is 2.32. The zero-order valence-corrected chi connectivity index (χ0v) is 21.1. The monoisotopic (exact) mass is 492 g/mol. The summed E-state index contributed by atoms with van der Waals surface area (Å²) in [5.74, 6) is -1.42. The van der Waals surface area contributed by atoms with Crippen LogP contribution in [0.15, 0.2) is 48.5 Å². The molecule has 34 heavy (non-hydrogen) atoms. The van der Waals surface area contributed by atoms with Crippen molar-refractivity contribution in [3.05, 3.63) is 65.5 Å². The Balaban J connectivity index is 2.41. The van der Waals surface area contributed by atoms with Crippen molar-refractivity contribution in [2.75, 3.05) is 31.5 Å². The second-order valence-corrected chi connectivity index (χ2v) is 10.3. The Morgan fingerprint density at radius 1 is 1.03 bits per heavy atom. The van der Waals surface area contributed by atoms with Crippen molar-refractivity contribution in [1.82, 2.24) is 14.5 Å². The van der Waals surface area contributed by atoms with Gasteiger partial charge in [-0.3, -0.25) is 9.59 Å². The van der Waals surface area contributed by atoms with Gasteiger partial charge in [-0.2, -0.15) is 12.7 Å². The molecule has 0 spiro atoms. The molecule has 2 aromatic rings. The first-order valence-corrected chi connectivity index (χ1v) is 12.5. The van der Waals surface area contributed by atoms with Crippen LogP contribution < -0.4 is 9.62 Å². The zero-order chi connectivity index (χ0) is 25.5. The normalized spacial score (nSPS) is 12.3. The average molecular weight is 493 g/mol. The molecule has 1 N–H and O–H groups in total. The molecule has 0 aliphatic heterocycles. The standard InChI is InChI=1S/C24H33FN4O4S/c1-6-15-26-24(31)19(3)28(16-20-9-7-18(2)8-10-20)23(30)17-29(34(32,33)27(4)5)22-13-11-21(25)12-14-22/h7-14,19H,6,15-17H2,1-5H3,(H,26,31)/t19-/m1/s1. The van der Waals surface area contributed by atoms with E-state index < -0.39 is 34.5 Å². The van der Waals surface area contributed by atoms with E-state index in [-0.39, 0.29) is 18.1 Å². The molecular formula is C24H33FN4O4S. The maximum Gasteiger partial charge on any atom is 0.304 e. The van der Waals surface area contributed by atoms with Crippen molar-refractivity contribution in [3.63, 3.8) is 0 Å². The number of hydrogen-bond acceptors (Lipinski definition) is 4. The Morgan fingerprint density at radius 3 is 2.15 bits per heavy atom. The number of nitrogens with zero attached hydrogens (tertiary/aromatic N) is 3. The van der Waals surface area contributed by atoms with Crippen LogP contribution in [0, 0.1) is 12.7 Å². The Hall–Kier alpha value is -2.98. The highest BCUT2D eigenvalue weighted by molar-refractivity contribution is 7.90. The number of hydrogen-bond donors (Lipinski definition) is 1. The molecule has 10 heteroatoms. The van der Waals surface area contributed by atoms with E-state index in [1.54, 1.807) is 6.92 Å². The number of carbonyl (C=O) groups is 2. The molecule has 0 unspecified atom stereocenters. The van der Waals surface area contributed by atoms with Crippen LogP contribution >= 0.6 is 0 Å². The number of benzene rings is 2. The van der Waals surface area contributed by atoms with Crippen molar-refractivity contribution in [2.24, 2.45) is 0 Å². The summed E-state index contributed by atoms with van der Waals surface area (Å²) in [5, 5.41) is 2.79. The molecule has 0 saturated heterocycles. The van der Waals surface area contributed by atoms with Gasteiger partial charge in [-0.1, -0.05) is 36.8 Å². The average Bonchev–Trinajstić information content (AvgIpc) is 2.80. The molecule has 2 aromatic carbocycles. The smallest absolute Gasteiger partial charge is 0.304 e. The maximum absolute atomic E-state index is 13.5. The van der Waals surface area contributed by atoms with Crippen molar-refractivity contribution in [3.8, 4) is 0 Å². The molecule has 0 saturated carbocycles. The number of halogens is 1. The third kappa shape index (κ3) is 7.01. The van der Waals surface area contributed by atoms with Crippen molar-refractivity contribution in [1.29, 1.82) is 0 Å². The molecule has 0 aromatic heterocycles. The lowest BCUT2D eigenvalue weighted by Crippen LogP contribution is -2.52. The lowest BCUT2D eigenvalue weighted by molar-refractivity contribution is -0.139. The quantitative estimate of drug-likeness (QED) is 0.522. The first-order valence-electron chi connectivity index (χ1n) is 11.1. The number of amides is 2. The predicted molar refractivity (Wildman–Crippen MR) is 131 cm³/mol. The lowest BCUT2D eigenvalue weighted by Gasteiger charge is -2.32. The fraction of sp³-hybridized carbons (Fsp3) is 0.417. The van der Waals surface area contributed by atoms with Gasteiger partial charge in [-0.15, -0.1) is 0 Å². The highest BCUT2D eigenvalue weighted by Crippen LogP contribution is 2.21. The SMILES string of the molecule is CCCNC(=O)[C@@H](C)N(Cc1ccc(C)cc1)C(=O)CN(c1ccc(F)cc1)S(=O)(=O)N(C)C. The predicted octanol–water partition coefficient (Wildman–Crippen LogP) is 2.69. The van der Waals surface area contributed by atoms with Gasteiger partial charge in [0.15, 0.2) is 0 Å². The van der Waals surface area contributed by atoms with E-state index in [1.165, 1.54) is 31.1 Å². The summed E-state index contributed by atoms with van der Waals surface area (Å²) in [7, 11) is -1.38. The Bertz CT molecular complexity index is 1070. The van der Waals surface area contributed by atoms with E-state index in [0.717, 1.165) is 38.3 Å². The summed E-state index contributed by atoms with van der Waals surface area (Å²) in [6.07, 6.45) is 0.740. The molecule has 0 fully saturated rings. The number of carbonyl (C=O) groups excluding carboxylic acids is 2. The number of anilines is 1. The summed E-state index contributed by atoms with van der Waals surface area (Å²) in [6, 6.07) is 11.5. The van der Waals surface area contributed by atoms with Gasteiger partial charge in [-0.05, 0) is 50.1 Å². The molecular weight excluding hydrogens is 459 g/mol. The molecule has 2 rings (SSSR count). The van der Waals surface area contributed by atoms with Crippen molar-refractivity contribution >= 4 is 27.7 Å². The van der Waals surface area contributed by atoms with Crippen LogP contribution in [-0.4, -0.2) is 62.7 Å². The number of aryl methyl sites for hydroxylation is 1. The van der Waals surface area contributed by atoms with Crippen molar-refractivity contribution < 1.29 is 22.4 Å². The van der Waals surface area contributed by atoms with E-state index in [9.17, 15) is 22.4 Å². The zero-order valence-electron chi connectivity index (χ0n) is 20.3. The Kier molecular flexibility index (Phi) is 9.57. The van der Waals surface area contributed by atoms with Gasteiger partial charge in [0.2, 0.25) is 11.8 Å².